The number of benzene rings is 1. The van der Waals surface area contributed by atoms with Gasteiger partial charge in [0.05, 0.1) is 0 Å². The van der Waals surface area contributed by atoms with Crippen LogP contribution in [0.5, 0.6) is 0 Å². The summed E-state index contributed by atoms with van der Waals surface area (Å²) in [6.45, 7) is 2.23. The van der Waals surface area contributed by atoms with E-state index in [2.05, 4.69) is 64.6 Å². The summed E-state index contributed by atoms with van der Waals surface area (Å²) in [5.41, 5.74) is 1.35. The molecule has 86 valence electrons. The van der Waals surface area contributed by atoms with Crippen LogP contribution in [0.3, 0.4) is 0 Å². The largest absolute Gasteiger partial charge is 0.304 e. The standard InChI is InChI=1S/C14H18BrN/c1-11(12-7-9-13(15)10-8-12)16-14-5-3-2-4-6-14/h3,5,7-11,14,16H,2,4,6H2,1H3/t11-,14?/m0/s1. The van der Waals surface area contributed by atoms with E-state index in [4.69, 9.17) is 0 Å². The average molecular weight is 280 g/mol. The fourth-order valence-corrected chi connectivity index (χ4v) is 2.38. The Balaban J connectivity index is 1.96. The topological polar surface area (TPSA) is 12.0 Å². The molecule has 1 aromatic rings. The Kier molecular flexibility index (Phi) is 4.19. The first-order valence-electron chi connectivity index (χ1n) is 5.94. The van der Waals surface area contributed by atoms with Crippen LogP contribution in [0.25, 0.3) is 0 Å². The molecule has 0 heterocycles. The second kappa shape index (κ2) is 5.65. The van der Waals surface area contributed by atoms with Crippen molar-refractivity contribution in [3.05, 3.63) is 46.5 Å². The molecule has 2 rings (SSSR count). The SMILES string of the molecule is C[C@H](NC1C=CCCC1)c1ccc(Br)cc1. The van der Waals surface area contributed by atoms with Crippen molar-refractivity contribution >= 4 is 15.9 Å². The molecule has 0 aromatic heterocycles. The summed E-state index contributed by atoms with van der Waals surface area (Å²) in [7, 11) is 0. The van der Waals surface area contributed by atoms with E-state index in [0.29, 0.717) is 12.1 Å². The Hall–Kier alpha value is -0.600. The first-order valence-corrected chi connectivity index (χ1v) is 6.73. The first-order chi connectivity index (χ1) is 7.75. The van der Waals surface area contributed by atoms with Gasteiger partial charge in [0.15, 0.2) is 0 Å². The minimum absolute atomic E-state index is 0.417. The molecule has 0 bridgehead atoms. The fourth-order valence-electron chi connectivity index (χ4n) is 2.12. The number of allylic oxidation sites excluding steroid dienone is 1. The summed E-state index contributed by atoms with van der Waals surface area (Å²) >= 11 is 3.46. The van der Waals surface area contributed by atoms with Gasteiger partial charge in [-0.05, 0) is 43.9 Å². The second-order valence-corrected chi connectivity index (χ2v) is 5.32. The van der Waals surface area contributed by atoms with Crippen LogP contribution in [0.2, 0.25) is 0 Å². The fraction of sp³-hybridized carbons (Fsp3) is 0.429. The molecule has 0 saturated carbocycles. The monoisotopic (exact) mass is 279 g/mol. The zero-order valence-corrected chi connectivity index (χ0v) is 11.2. The third kappa shape index (κ3) is 3.19. The van der Waals surface area contributed by atoms with E-state index in [-0.39, 0.29) is 0 Å². The lowest BCUT2D eigenvalue weighted by Gasteiger charge is -2.23. The molecule has 1 unspecified atom stereocenters. The smallest absolute Gasteiger partial charge is 0.0297 e. The van der Waals surface area contributed by atoms with Gasteiger partial charge in [-0.25, -0.2) is 0 Å². The van der Waals surface area contributed by atoms with Crippen molar-refractivity contribution in [1.82, 2.24) is 5.32 Å². The zero-order valence-electron chi connectivity index (χ0n) is 9.62. The van der Waals surface area contributed by atoms with E-state index >= 15 is 0 Å². The van der Waals surface area contributed by atoms with Gasteiger partial charge in [-0.3, -0.25) is 0 Å². The van der Waals surface area contributed by atoms with Gasteiger partial charge in [0.25, 0.3) is 0 Å². The molecule has 16 heavy (non-hydrogen) atoms. The molecule has 2 heteroatoms. The van der Waals surface area contributed by atoms with Gasteiger partial charge in [-0.2, -0.15) is 0 Å². The molecule has 0 aliphatic heterocycles. The number of halogens is 1. The third-order valence-corrected chi connectivity index (χ3v) is 3.62. The van der Waals surface area contributed by atoms with Crippen LogP contribution in [-0.4, -0.2) is 6.04 Å². The number of rotatable bonds is 3. The lowest BCUT2D eigenvalue weighted by atomic mass is 10.0. The quantitative estimate of drug-likeness (QED) is 0.818. The van der Waals surface area contributed by atoms with E-state index in [1.165, 1.54) is 24.8 Å². The van der Waals surface area contributed by atoms with Crippen LogP contribution >= 0.6 is 15.9 Å². The maximum absolute atomic E-state index is 3.65. The molecule has 2 atom stereocenters. The van der Waals surface area contributed by atoms with Gasteiger partial charge in [0.1, 0.15) is 0 Å². The van der Waals surface area contributed by atoms with E-state index in [0.717, 1.165) is 4.47 Å². The number of hydrogen-bond donors (Lipinski definition) is 1. The lowest BCUT2D eigenvalue weighted by molar-refractivity contribution is 0.467. The lowest BCUT2D eigenvalue weighted by Crippen LogP contribution is -2.30. The Morgan fingerprint density at radius 1 is 1.31 bits per heavy atom. The maximum atomic E-state index is 3.65. The van der Waals surface area contributed by atoms with E-state index in [1.54, 1.807) is 0 Å². The first kappa shape index (κ1) is 11.9. The molecule has 1 nitrogen and oxygen atoms in total. The summed E-state index contributed by atoms with van der Waals surface area (Å²) < 4.78 is 1.14. The Morgan fingerprint density at radius 3 is 2.69 bits per heavy atom. The zero-order chi connectivity index (χ0) is 11.4. The molecule has 1 N–H and O–H groups in total. The van der Waals surface area contributed by atoms with Crippen molar-refractivity contribution in [2.75, 3.05) is 0 Å². The van der Waals surface area contributed by atoms with E-state index < -0.39 is 0 Å². The van der Waals surface area contributed by atoms with Gasteiger partial charge in [-0.15, -0.1) is 0 Å². The Bertz CT molecular complexity index is 356. The van der Waals surface area contributed by atoms with Crippen LogP contribution < -0.4 is 5.32 Å². The molecule has 1 aliphatic carbocycles. The molecular formula is C14H18BrN. The summed E-state index contributed by atoms with van der Waals surface area (Å²) in [5, 5.41) is 3.65. The van der Waals surface area contributed by atoms with Crippen LogP contribution in [-0.2, 0) is 0 Å². The van der Waals surface area contributed by atoms with Crippen molar-refractivity contribution in [3.63, 3.8) is 0 Å². The average Bonchev–Trinajstić information content (AvgIpc) is 2.31. The van der Waals surface area contributed by atoms with Gasteiger partial charge in [0.2, 0.25) is 0 Å². The molecule has 0 radical (unpaired) electrons. The van der Waals surface area contributed by atoms with Crippen molar-refractivity contribution in [2.24, 2.45) is 0 Å². The van der Waals surface area contributed by atoms with Crippen molar-refractivity contribution < 1.29 is 0 Å². The highest BCUT2D eigenvalue weighted by atomic mass is 79.9. The Labute approximate surface area is 106 Å². The summed E-state index contributed by atoms with van der Waals surface area (Å²) in [6.07, 6.45) is 8.40. The van der Waals surface area contributed by atoms with Gasteiger partial charge in [-0.1, -0.05) is 40.2 Å². The van der Waals surface area contributed by atoms with Gasteiger partial charge in [0, 0.05) is 16.6 Å². The highest BCUT2D eigenvalue weighted by Crippen LogP contribution is 2.19. The molecule has 1 aliphatic rings. The van der Waals surface area contributed by atoms with Gasteiger partial charge < -0.3 is 5.32 Å². The van der Waals surface area contributed by atoms with E-state index in [9.17, 15) is 0 Å². The van der Waals surface area contributed by atoms with Crippen LogP contribution in [0.1, 0.15) is 37.8 Å². The predicted octanol–water partition coefficient (Wildman–Crippen LogP) is 4.21. The third-order valence-electron chi connectivity index (χ3n) is 3.09. The number of nitrogens with one attached hydrogen (secondary N) is 1. The minimum Gasteiger partial charge on any atom is -0.304 e. The number of hydrogen-bond acceptors (Lipinski definition) is 1. The minimum atomic E-state index is 0.417. The Morgan fingerprint density at radius 2 is 2.06 bits per heavy atom. The van der Waals surface area contributed by atoms with Crippen LogP contribution in [0.4, 0.5) is 0 Å². The molecule has 0 amide bonds. The molecule has 0 saturated heterocycles. The maximum Gasteiger partial charge on any atom is 0.0297 e. The molecular weight excluding hydrogens is 262 g/mol. The van der Waals surface area contributed by atoms with Gasteiger partial charge >= 0.3 is 0 Å². The predicted molar refractivity (Wildman–Crippen MR) is 72.5 cm³/mol. The normalized spacial score (nSPS) is 22.0. The highest BCUT2D eigenvalue weighted by molar-refractivity contribution is 9.10. The van der Waals surface area contributed by atoms with Crippen LogP contribution in [0.15, 0.2) is 40.9 Å². The van der Waals surface area contributed by atoms with Crippen molar-refractivity contribution in [3.8, 4) is 0 Å². The summed E-state index contributed by atoms with van der Waals surface area (Å²) in [6, 6.07) is 9.52. The highest BCUT2D eigenvalue weighted by Gasteiger charge is 2.12. The van der Waals surface area contributed by atoms with Crippen molar-refractivity contribution in [2.45, 2.75) is 38.3 Å². The molecule has 1 aromatic carbocycles. The van der Waals surface area contributed by atoms with E-state index in [1.807, 2.05) is 0 Å². The van der Waals surface area contributed by atoms with Crippen LogP contribution in [0, 0.1) is 0 Å². The van der Waals surface area contributed by atoms with Crippen molar-refractivity contribution in [1.29, 1.82) is 0 Å². The molecule has 0 spiro atoms. The summed E-state index contributed by atoms with van der Waals surface area (Å²) in [4.78, 5) is 0. The second-order valence-electron chi connectivity index (χ2n) is 4.41. The summed E-state index contributed by atoms with van der Waals surface area (Å²) in [5.74, 6) is 0. The molecule has 0 fully saturated rings.